The number of carbonyl (C=O) groups is 1. The molecule has 0 saturated carbocycles. The summed E-state index contributed by atoms with van der Waals surface area (Å²) in [7, 11) is 0. The maximum atomic E-state index is 10.9. The number of primary amides is 1. The maximum absolute atomic E-state index is 10.9. The first-order valence-electron chi connectivity index (χ1n) is 4.44. The third kappa shape index (κ3) is 2.42. The van der Waals surface area contributed by atoms with Crippen molar-refractivity contribution < 1.29 is 9.90 Å². The van der Waals surface area contributed by atoms with Gasteiger partial charge in [0.2, 0.25) is 5.91 Å². The van der Waals surface area contributed by atoms with Crippen molar-refractivity contribution in [1.82, 2.24) is 14.8 Å². The summed E-state index contributed by atoms with van der Waals surface area (Å²) in [6.45, 7) is 3.37. The summed E-state index contributed by atoms with van der Waals surface area (Å²) < 4.78 is 1.97. The van der Waals surface area contributed by atoms with E-state index < -0.39 is 11.4 Å². The number of amides is 1. The van der Waals surface area contributed by atoms with Gasteiger partial charge >= 0.3 is 0 Å². The number of aromatic amines is 1. The molecule has 6 nitrogen and oxygen atoms in total. The monoisotopic (exact) mass is 230 g/mol. The number of hydrogen-bond acceptors (Lipinski definition) is 4. The minimum atomic E-state index is -0.589. The van der Waals surface area contributed by atoms with Crippen molar-refractivity contribution >= 4 is 18.1 Å². The molecule has 0 unspecified atom stereocenters. The predicted molar refractivity (Wildman–Crippen MR) is 56.5 cm³/mol. The van der Waals surface area contributed by atoms with Gasteiger partial charge in [-0.3, -0.25) is 14.5 Å². The first-order valence-corrected chi connectivity index (χ1v) is 4.85. The molecule has 84 valence electrons. The predicted octanol–water partition coefficient (Wildman–Crippen LogP) is 0.0435. The minimum Gasteiger partial charge on any atom is -0.388 e. The molecule has 0 fully saturated rings. The van der Waals surface area contributed by atoms with E-state index in [2.05, 4.69) is 10.2 Å². The standard InChI is InChI=1S/C8H14N4O2S/c1-8(2,3-5(9)14)12-6(4-13)10-11-7(12)15/h13H,3-4H2,1-2H3,(H2,9,14)(H,11,15). The Morgan fingerprint density at radius 3 is 2.80 bits per heavy atom. The molecule has 1 aromatic heterocycles. The van der Waals surface area contributed by atoms with E-state index in [-0.39, 0.29) is 13.0 Å². The number of hydrogen-bond donors (Lipinski definition) is 3. The van der Waals surface area contributed by atoms with Crippen LogP contribution in [0.4, 0.5) is 0 Å². The van der Waals surface area contributed by atoms with Crippen LogP contribution in [0, 0.1) is 4.77 Å². The molecule has 1 heterocycles. The molecule has 0 aliphatic heterocycles. The summed E-state index contributed by atoms with van der Waals surface area (Å²) in [4.78, 5) is 10.9. The summed E-state index contributed by atoms with van der Waals surface area (Å²) in [5.74, 6) is -0.0294. The summed E-state index contributed by atoms with van der Waals surface area (Å²) >= 11 is 5.02. The van der Waals surface area contributed by atoms with Crippen LogP contribution in [0.15, 0.2) is 0 Å². The lowest BCUT2D eigenvalue weighted by Crippen LogP contribution is -2.33. The Kier molecular flexibility index (Phi) is 3.25. The van der Waals surface area contributed by atoms with E-state index in [0.717, 1.165) is 0 Å². The average molecular weight is 230 g/mol. The van der Waals surface area contributed by atoms with Crippen molar-refractivity contribution in [3.8, 4) is 0 Å². The smallest absolute Gasteiger partial charge is 0.219 e. The highest BCUT2D eigenvalue weighted by atomic mass is 32.1. The fourth-order valence-electron chi connectivity index (χ4n) is 1.57. The molecule has 0 aromatic carbocycles. The molecule has 0 spiro atoms. The lowest BCUT2D eigenvalue weighted by atomic mass is 10.00. The molecule has 4 N–H and O–H groups in total. The Hall–Kier alpha value is -1.21. The van der Waals surface area contributed by atoms with Crippen LogP contribution in [0.1, 0.15) is 26.1 Å². The van der Waals surface area contributed by atoms with E-state index in [1.165, 1.54) is 0 Å². The van der Waals surface area contributed by atoms with Gasteiger partial charge in [0.15, 0.2) is 10.6 Å². The van der Waals surface area contributed by atoms with Gasteiger partial charge in [-0.2, -0.15) is 5.10 Å². The number of H-pyrrole nitrogens is 1. The van der Waals surface area contributed by atoms with Crippen LogP contribution in [-0.4, -0.2) is 25.8 Å². The van der Waals surface area contributed by atoms with Crippen molar-refractivity contribution in [3.05, 3.63) is 10.6 Å². The fourth-order valence-corrected chi connectivity index (χ4v) is 1.96. The lowest BCUT2D eigenvalue weighted by molar-refractivity contribution is -0.119. The summed E-state index contributed by atoms with van der Waals surface area (Å²) in [6.07, 6.45) is 0.133. The van der Waals surface area contributed by atoms with Crippen LogP contribution in [0.3, 0.4) is 0 Å². The number of aliphatic hydroxyl groups is 1. The van der Waals surface area contributed by atoms with Crippen LogP contribution in [0.2, 0.25) is 0 Å². The molecule has 15 heavy (non-hydrogen) atoms. The molecule has 0 saturated heterocycles. The summed E-state index contributed by atoms with van der Waals surface area (Å²) in [6, 6.07) is 0. The van der Waals surface area contributed by atoms with Gasteiger partial charge in [-0.15, -0.1) is 0 Å². The molecule has 0 atom stereocenters. The highest BCUT2D eigenvalue weighted by Gasteiger charge is 2.26. The van der Waals surface area contributed by atoms with Gasteiger partial charge in [0.1, 0.15) is 6.61 Å². The number of nitrogens with two attached hydrogens (primary N) is 1. The molecule has 1 rings (SSSR count). The molecule has 7 heteroatoms. The first-order chi connectivity index (χ1) is 6.88. The number of nitrogens with zero attached hydrogens (tertiary/aromatic N) is 2. The quantitative estimate of drug-likeness (QED) is 0.636. The molecule has 0 aliphatic rings. The third-order valence-electron chi connectivity index (χ3n) is 2.10. The van der Waals surface area contributed by atoms with Gasteiger partial charge < -0.3 is 10.8 Å². The van der Waals surface area contributed by atoms with Crippen LogP contribution in [-0.2, 0) is 16.9 Å². The van der Waals surface area contributed by atoms with Crippen LogP contribution >= 0.6 is 12.2 Å². The Labute approximate surface area is 92.1 Å². The topological polar surface area (TPSA) is 96.9 Å². The maximum Gasteiger partial charge on any atom is 0.219 e. The summed E-state index contributed by atoms with van der Waals surface area (Å²) in [5.41, 5.74) is 4.56. The van der Waals surface area contributed by atoms with Crippen molar-refractivity contribution in [3.63, 3.8) is 0 Å². The fraction of sp³-hybridized carbons (Fsp3) is 0.625. The van der Waals surface area contributed by atoms with Crippen molar-refractivity contribution in [2.75, 3.05) is 0 Å². The van der Waals surface area contributed by atoms with Gasteiger partial charge in [0, 0.05) is 6.42 Å². The van der Waals surface area contributed by atoms with Gasteiger partial charge in [0.25, 0.3) is 0 Å². The van der Waals surface area contributed by atoms with E-state index in [9.17, 15) is 4.79 Å². The second-order valence-electron chi connectivity index (χ2n) is 3.89. The van der Waals surface area contributed by atoms with Gasteiger partial charge in [0.05, 0.1) is 5.54 Å². The highest BCUT2D eigenvalue weighted by Crippen LogP contribution is 2.21. The number of aromatic nitrogens is 3. The molecular weight excluding hydrogens is 216 g/mol. The SMILES string of the molecule is CC(C)(CC(N)=O)n1c(CO)n[nH]c1=S. The Morgan fingerprint density at radius 1 is 1.73 bits per heavy atom. The molecule has 0 bridgehead atoms. The van der Waals surface area contributed by atoms with Gasteiger partial charge in [-0.05, 0) is 26.1 Å². The zero-order chi connectivity index (χ0) is 11.6. The highest BCUT2D eigenvalue weighted by molar-refractivity contribution is 7.71. The largest absolute Gasteiger partial charge is 0.388 e. The molecule has 0 radical (unpaired) electrons. The van der Waals surface area contributed by atoms with E-state index in [1.54, 1.807) is 4.57 Å². The van der Waals surface area contributed by atoms with Gasteiger partial charge in [-0.1, -0.05) is 0 Å². The van der Waals surface area contributed by atoms with E-state index in [1.807, 2.05) is 13.8 Å². The lowest BCUT2D eigenvalue weighted by Gasteiger charge is -2.25. The molecule has 1 amide bonds. The minimum absolute atomic E-state index is 0.133. The van der Waals surface area contributed by atoms with Gasteiger partial charge in [-0.25, -0.2) is 0 Å². The second-order valence-corrected chi connectivity index (χ2v) is 4.28. The van der Waals surface area contributed by atoms with E-state index in [4.69, 9.17) is 23.1 Å². The number of rotatable bonds is 4. The van der Waals surface area contributed by atoms with Crippen molar-refractivity contribution in [2.45, 2.75) is 32.4 Å². The Balaban J connectivity index is 3.18. The average Bonchev–Trinajstić information content (AvgIpc) is 2.44. The van der Waals surface area contributed by atoms with Crippen molar-refractivity contribution in [1.29, 1.82) is 0 Å². The first kappa shape index (κ1) is 11.9. The second kappa shape index (κ2) is 4.11. The zero-order valence-electron chi connectivity index (χ0n) is 8.65. The van der Waals surface area contributed by atoms with Crippen molar-refractivity contribution in [2.24, 2.45) is 5.73 Å². The van der Waals surface area contributed by atoms with E-state index >= 15 is 0 Å². The molecule has 0 aliphatic carbocycles. The summed E-state index contributed by atoms with van der Waals surface area (Å²) in [5, 5.41) is 15.5. The molecule has 1 aromatic rings. The van der Waals surface area contributed by atoms with Crippen LogP contribution in [0.5, 0.6) is 0 Å². The number of aliphatic hydroxyl groups excluding tert-OH is 1. The molecular formula is C8H14N4O2S. The third-order valence-corrected chi connectivity index (χ3v) is 2.37. The number of carbonyl (C=O) groups excluding carboxylic acids is 1. The number of nitrogens with one attached hydrogen (secondary N) is 1. The zero-order valence-corrected chi connectivity index (χ0v) is 9.47. The van der Waals surface area contributed by atoms with Crippen LogP contribution < -0.4 is 5.73 Å². The Morgan fingerprint density at radius 2 is 2.33 bits per heavy atom. The van der Waals surface area contributed by atoms with E-state index in [0.29, 0.717) is 10.6 Å². The Bertz CT molecular complexity index is 421. The normalized spacial score (nSPS) is 11.7. The van der Waals surface area contributed by atoms with Crippen LogP contribution in [0.25, 0.3) is 0 Å².